The van der Waals surface area contributed by atoms with Crippen LogP contribution in [0.5, 0.6) is 0 Å². The highest BCUT2D eigenvalue weighted by molar-refractivity contribution is 6.48. The molecule has 0 aromatic heterocycles. The van der Waals surface area contributed by atoms with E-state index in [4.69, 9.17) is 4.43 Å². The molecule has 0 bridgehead atoms. The van der Waals surface area contributed by atoms with Crippen LogP contribution in [0.4, 0.5) is 0 Å². The van der Waals surface area contributed by atoms with Crippen molar-refractivity contribution in [3.05, 3.63) is 42.0 Å². The Morgan fingerprint density at radius 1 is 1.29 bits per heavy atom. The van der Waals surface area contributed by atoms with E-state index in [1.807, 2.05) is 6.08 Å². The minimum Gasteiger partial charge on any atom is -0.413 e. The highest BCUT2D eigenvalue weighted by Crippen LogP contribution is 2.36. The van der Waals surface area contributed by atoms with Gasteiger partial charge in [0.25, 0.3) is 0 Å². The van der Waals surface area contributed by atoms with Crippen LogP contribution in [-0.4, -0.2) is 9.04 Å². The molecule has 0 spiro atoms. The van der Waals surface area contributed by atoms with Crippen LogP contribution in [0.25, 0.3) is 6.08 Å². The molecule has 0 aliphatic rings. The van der Waals surface area contributed by atoms with Gasteiger partial charge in [0.2, 0.25) is 0 Å². The first-order chi connectivity index (χ1) is 7.84. The van der Waals surface area contributed by atoms with Gasteiger partial charge < -0.3 is 4.43 Å². The van der Waals surface area contributed by atoms with E-state index in [1.54, 1.807) is 0 Å². The third kappa shape index (κ3) is 4.13. The van der Waals surface area contributed by atoms with Crippen molar-refractivity contribution >= 4 is 15.1 Å². The van der Waals surface area contributed by atoms with Crippen molar-refractivity contribution in [3.63, 3.8) is 0 Å². The third-order valence-electron chi connectivity index (χ3n) is 2.64. The van der Waals surface area contributed by atoms with Crippen molar-refractivity contribution in [2.45, 2.75) is 40.0 Å². The Balaban J connectivity index is 3.08. The first-order valence-electron chi connectivity index (χ1n) is 6.22. The summed E-state index contributed by atoms with van der Waals surface area (Å²) in [5.41, 5.74) is 2.54. The lowest BCUT2D eigenvalue weighted by molar-refractivity contribution is 0.0866. The molecule has 1 unspecified atom stereocenters. The molecule has 0 radical (unpaired) electrons. The van der Waals surface area contributed by atoms with Gasteiger partial charge in [0.05, 0.1) is 6.10 Å². The highest BCUT2D eigenvalue weighted by atomic mass is 28.3. The van der Waals surface area contributed by atoms with Crippen LogP contribution < -0.4 is 0 Å². The molecule has 0 N–H and O–H groups in total. The summed E-state index contributed by atoms with van der Waals surface area (Å²) in [6.45, 7) is 15.0. The van der Waals surface area contributed by atoms with E-state index in [9.17, 15) is 0 Å². The average molecular weight is 248 g/mol. The van der Waals surface area contributed by atoms with Crippen molar-refractivity contribution in [3.8, 4) is 0 Å². The Labute approximate surface area is 107 Å². The first kappa shape index (κ1) is 14.2. The van der Waals surface area contributed by atoms with E-state index in [0.717, 1.165) is 5.56 Å². The molecule has 1 rings (SSSR count). The van der Waals surface area contributed by atoms with Crippen LogP contribution in [-0.2, 0) is 4.43 Å². The lowest BCUT2D eigenvalue weighted by Crippen LogP contribution is -2.25. The van der Waals surface area contributed by atoms with Gasteiger partial charge in [0.1, 0.15) is 0 Å². The van der Waals surface area contributed by atoms with Crippen molar-refractivity contribution in [2.24, 2.45) is 5.41 Å². The molecule has 94 valence electrons. The molecule has 0 amide bonds. The molecule has 1 atom stereocenters. The smallest absolute Gasteiger partial charge is 0.171 e. The van der Waals surface area contributed by atoms with Crippen LogP contribution in [0.1, 0.15) is 38.0 Å². The van der Waals surface area contributed by atoms with Crippen LogP contribution >= 0.6 is 0 Å². The fourth-order valence-corrected chi connectivity index (χ4v) is 3.01. The van der Waals surface area contributed by atoms with Crippen LogP contribution in [0, 0.1) is 5.41 Å². The molecule has 1 nitrogen and oxygen atoms in total. The maximum absolute atomic E-state index is 6.20. The van der Waals surface area contributed by atoms with Gasteiger partial charge in [-0.25, -0.2) is 0 Å². The van der Waals surface area contributed by atoms with Gasteiger partial charge in [-0.3, -0.25) is 0 Å². The van der Waals surface area contributed by atoms with E-state index in [2.05, 4.69) is 64.7 Å². The van der Waals surface area contributed by atoms with Gasteiger partial charge in [0, 0.05) is 0 Å². The first-order valence-corrected chi connectivity index (χ1v) is 9.00. The second-order valence-electron chi connectivity index (χ2n) is 5.81. The van der Waals surface area contributed by atoms with Gasteiger partial charge in [-0.2, -0.15) is 0 Å². The second kappa shape index (κ2) is 5.65. The largest absolute Gasteiger partial charge is 0.413 e. The lowest BCUT2D eigenvalue weighted by Gasteiger charge is -2.33. The number of benzene rings is 1. The number of hydrogen-bond acceptors (Lipinski definition) is 1. The summed E-state index contributed by atoms with van der Waals surface area (Å²) in [4.78, 5) is 0. The molecular formula is C15H24OSi. The molecule has 17 heavy (non-hydrogen) atoms. The van der Waals surface area contributed by atoms with Crippen molar-refractivity contribution in [2.75, 3.05) is 0 Å². The van der Waals surface area contributed by atoms with Gasteiger partial charge in [-0.05, 0) is 35.7 Å². The summed E-state index contributed by atoms with van der Waals surface area (Å²) in [6.07, 6.45) is 2.06. The Morgan fingerprint density at radius 2 is 1.94 bits per heavy atom. The molecule has 2 heteroatoms. The molecule has 1 aromatic rings. The minimum atomic E-state index is -1.05. The summed E-state index contributed by atoms with van der Waals surface area (Å²) in [7, 11) is -1.05. The fourth-order valence-electron chi connectivity index (χ4n) is 1.90. The average Bonchev–Trinajstić information content (AvgIpc) is 2.24. The van der Waals surface area contributed by atoms with Crippen LogP contribution in [0.2, 0.25) is 13.1 Å². The Bertz CT molecular complexity index is 377. The molecule has 0 aliphatic carbocycles. The quantitative estimate of drug-likeness (QED) is 0.717. The molecule has 0 aliphatic heterocycles. The fraction of sp³-hybridized carbons (Fsp3) is 0.467. The maximum Gasteiger partial charge on any atom is 0.171 e. The van der Waals surface area contributed by atoms with E-state index in [-0.39, 0.29) is 11.5 Å². The number of hydrogen-bond donors (Lipinski definition) is 0. The van der Waals surface area contributed by atoms with E-state index < -0.39 is 9.04 Å². The summed E-state index contributed by atoms with van der Waals surface area (Å²) >= 11 is 0. The van der Waals surface area contributed by atoms with Gasteiger partial charge in [-0.1, -0.05) is 51.6 Å². The zero-order valence-corrected chi connectivity index (χ0v) is 12.8. The van der Waals surface area contributed by atoms with E-state index in [1.165, 1.54) is 5.56 Å². The van der Waals surface area contributed by atoms with Crippen LogP contribution in [0.15, 0.2) is 30.8 Å². The van der Waals surface area contributed by atoms with Gasteiger partial charge in [0.15, 0.2) is 9.04 Å². The topological polar surface area (TPSA) is 9.23 Å². The predicted octanol–water partition coefficient (Wildman–Crippen LogP) is 4.42. The molecule has 0 saturated carbocycles. The zero-order valence-electron chi connectivity index (χ0n) is 11.7. The number of rotatable bonds is 4. The maximum atomic E-state index is 6.20. The van der Waals surface area contributed by atoms with E-state index >= 15 is 0 Å². The summed E-state index contributed by atoms with van der Waals surface area (Å²) in [6, 6.07) is 8.48. The molecule has 0 fully saturated rings. The predicted molar refractivity (Wildman–Crippen MR) is 78.7 cm³/mol. The van der Waals surface area contributed by atoms with Crippen molar-refractivity contribution < 1.29 is 4.43 Å². The monoisotopic (exact) mass is 248 g/mol. The second-order valence-corrected chi connectivity index (χ2v) is 8.17. The summed E-state index contributed by atoms with van der Waals surface area (Å²) in [5.74, 6) is 0. The normalized spacial score (nSPS) is 13.8. The summed E-state index contributed by atoms with van der Waals surface area (Å²) in [5, 5.41) is 0. The Hall–Kier alpha value is -0.863. The highest BCUT2D eigenvalue weighted by Gasteiger charge is 2.27. The molecule has 0 saturated heterocycles. The summed E-state index contributed by atoms with van der Waals surface area (Å²) < 4.78 is 6.20. The molecular weight excluding hydrogens is 224 g/mol. The zero-order chi connectivity index (χ0) is 13.1. The van der Waals surface area contributed by atoms with Gasteiger partial charge in [-0.15, -0.1) is 0 Å². The SMILES string of the molecule is C=Cc1cccc(C(O[SiH](C)C)C(C)(C)C)c1. The lowest BCUT2D eigenvalue weighted by atomic mass is 9.84. The Kier molecular flexibility index (Phi) is 4.72. The van der Waals surface area contributed by atoms with Crippen LogP contribution in [0.3, 0.4) is 0 Å². The minimum absolute atomic E-state index is 0.122. The van der Waals surface area contributed by atoms with E-state index in [0.29, 0.717) is 0 Å². The third-order valence-corrected chi connectivity index (χ3v) is 3.46. The van der Waals surface area contributed by atoms with Crippen molar-refractivity contribution in [1.29, 1.82) is 0 Å². The standard InChI is InChI=1S/C15H24OSi/c1-7-12-9-8-10-13(11-12)14(15(2,3)4)16-17(5)6/h7-11,14,17H,1H2,2-6H3. The van der Waals surface area contributed by atoms with Gasteiger partial charge >= 0.3 is 0 Å². The van der Waals surface area contributed by atoms with Crippen molar-refractivity contribution in [1.82, 2.24) is 0 Å². The molecule has 0 heterocycles. The molecule has 1 aromatic carbocycles. The Morgan fingerprint density at radius 3 is 2.41 bits per heavy atom.